The first-order valence-corrected chi connectivity index (χ1v) is 7.03. The third kappa shape index (κ3) is 2.18. The summed E-state index contributed by atoms with van der Waals surface area (Å²) in [5.74, 6) is -0.0739. The van der Waals surface area contributed by atoms with Crippen LogP contribution in [0.2, 0.25) is 0 Å². The molecule has 4 heteroatoms. The number of carbonyl (C=O) groups is 1. The van der Waals surface area contributed by atoms with Crippen molar-refractivity contribution in [1.29, 1.82) is 0 Å². The normalized spacial score (nSPS) is 14.3. The average Bonchev–Trinajstić information content (AvgIpc) is 3.10. The SMILES string of the molecule is O=C(Nc1nc2ccccc2o1)C1Cc2ccccc2C1. The Morgan fingerprint density at radius 1 is 1.05 bits per heavy atom. The predicted octanol–water partition coefficient (Wildman–Crippen LogP) is 3.18. The molecule has 0 fully saturated rings. The molecule has 1 heterocycles. The summed E-state index contributed by atoms with van der Waals surface area (Å²) in [6.07, 6.45) is 1.56. The fourth-order valence-electron chi connectivity index (χ4n) is 2.88. The van der Waals surface area contributed by atoms with Gasteiger partial charge in [0.05, 0.1) is 0 Å². The number of amides is 1. The molecule has 1 aromatic heterocycles. The lowest BCUT2D eigenvalue weighted by atomic mass is 10.1. The predicted molar refractivity (Wildman–Crippen MR) is 80.0 cm³/mol. The Bertz CT molecular complexity index is 764. The van der Waals surface area contributed by atoms with E-state index in [0.717, 1.165) is 18.4 Å². The number of fused-ring (bicyclic) bond motifs is 2. The number of oxazole rings is 1. The summed E-state index contributed by atoms with van der Waals surface area (Å²) in [5.41, 5.74) is 3.95. The van der Waals surface area contributed by atoms with Crippen molar-refractivity contribution >= 4 is 23.0 Å². The van der Waals surface area contributed by atoms with Gasteiger partial charge in [-0.15, -0.1) is 0 Å². The van der Waals surface area contributed by atoms with Gasteiger partial charge in [0.15, 0.2) is 5.58 Å². The number of hydrogen-bond acceptors (Lipinski definition) is 3. The average molecular weight is 278 g/mol. The second kappa shape index (κ2) is 4.74. The van der Waals surface area contributed by atoms with E-state index >= 15 is 0 Å². The number of aromatic nitrogens is 1. The Morgan fingerprint density at radius 2 is 1.71 bits per heavy atom. The lowest BCUT2D eigenvalue weighted by Gasteiger charge is -2.06. The number of benzene rings is 2. The van der Waals surface area contributed by atoms with Gasteiger partial charge in [-0.1, -0.05) is 36.4 Å². The van der Waals surface area contributed by atoms with Crippen molar-refractivity contribution in [1.82, 2.24) is 4.98 Å². The molecule has 0 radical (unpaired) electrons. The zero-order chi connectivity index (χ0) is 14.2. The Hall–Kier alpha value is -2.62. The van der Waals surface area contributed by atoms with Crippen LogP contribution in [0.15, 0.2) is 52.9 Å². The molecular weight excluding hydrogens is 264 g/mol. The van der Waals surface area contributed by atoms with Gasteiger partial charge in [0.25, 0.3) is 0 Å². The molecule has 0 aliphatic heterocycles. The van der Waals surface area contributed by atoms with E-state index in [-0.39, 0.29) is 17.8 Å². The van der Waals surface area contributed by atoms with E-state index in [1.54, 1.807) is 0 Å². The maximum Gasteiger partial charge on any atom is 0.302 e. The van der Waals surface area contributed by atoms with E-state index in [4.69, 9.17) is 4.42 Å². The van der Waals surface area contributed by atoms with Gasteiger partial charge >= 0.3 is 6.01 Å². The standard InChI is InChI=1S/C17H14N2O2/c20-16(13-9-11-5-1-2-6-12(11)10-13)19-17-18-14-7-3-4-8-15(14)21-17/h1-8,13H,9-10H2,(H,18,19,20). The fourth-order valence-corrected chi connectivity index (χ4v) is 2.88. The smallest absolute Gasteiger partial charge is 0.302 e. The molecule has 4 nitrogen and oxygen atoms in total. The molecule has 1 amide bonds. The second-order valence-corrected chi connectivity index (χ2v) is 5.35. The van der Waals surface area contributed by atoms with Gasteiger partial charge in [-0.05, 0) is 36.1 Å². The number of para-hydroxylation sites is 2. The first-order valence-electron chi connectivity index (χ1n) is 7.03. The Kier molecular flexibility index (Phi) is 2.74. The Balaban J connectivity index is 1.52. The van der Waals surface area contributed by atoms with Crippen LogP contribution in [0.4, 0.5) is 6.01 Å². The van der Waals surface area contributed by atoms with Gasteiger partial charge < -0.3 is 4.42 Å². The van der Waals surface area contributed by atoms with Crippen LogP contribution in [0, 0.1) is 5.92 Å². The van der Waals surface area contributed by atoms with E-state index in [1.165, 1.54) is 11.1 Å². The minimum absolute atomic E-state index is 0.0299. The van der Waals surface area contributed by atoms with Gasteiger partial charge in [0, 0.05) is 5.92 Å². The number of nitrogens with zero attached hydrogens (tertiary/aromatic N) is 1. The van der Waals surface area contributed by atoms with Crippen LogP contribution in [-0.4, -0.2) is 10.9 Å². The summed E-state index contributed by atoms with van der Waals surface area (Å²) < 4.78 is 5.53. The zero-order valence-corrected chi connectivity index (χ0v) is 11.4. The van der Waals surface area contributed by atoms with Crippen molar-refractivity contribution < 1.29 is 9.21 Å². The molecule has 1 N–H and O–H groups in total. The third-order valence-corrected chi connectivity index (χ3v) is 3.95. The number of hydrogen-bond donors (Lipinski definition) is 1. The van der Waals surface area contributed by atoms with Crippen molar-refractivity contribution in [3.8, 4) is 0 Å². The van der Waals surface area contributed by atoms with E-state index in [2.05, 4.69) is 22.4 Å². The van der Waals surface area contributed by atoms with Crippen LogP contribution in [0.3, 0.4) is 0 Å². The molecule has 0 atom stereocenters. The first kappa shape index (κ1) is 12.1. The Labute approximate surface area is 121 Å². The van der Waals surface area contributed by atoms with Crippen LogP contribution in [0.25, 0.3) is 11.1 Å². The van der Waals surface area contributed by atoms with Crippen molar-refractivity contribution in [2.24, 2.45) is 5.92 Å². The molecule has 0 unspecified atom stereocenters. The van der Waals surface area contributed by atoms with E-state index in [9.17, 15) is 4.79 Å². The molecule has 0 saturated carbocycles. The van der Waals surface area contributed by atoms with Crippen LogP contribution >= 0.6 is 0 Å². The van der Waals surface area contributed by atoms with Crippen LogP contribution in [0.1, 0.15) is 11.1 Å². The lowest BCUT2D eigenvalue weighted by molar-refractivity contribution is -0.119. The zero-order valence-electron chi connectivity index (χ0n) is 11.4. The second-order valence-electron chi connectivity index (χ2n) is 5.35. The van der Waals surface area contributed by atoms with Gasteiger partial charge in [-0.2, -0.15) is 4.98 Å². The highest BCUT2D eigenvalue weighted by Gasteiger charge is 2.27. The van der Waals surface area contributed by atoms with Gasteiger partial charge in [0.1, 0.15) is 5.52 Å². The van der Waals surface area contributed by atoms with E-state index < -0.39 is 0 Å². The number of nitrogens with one attached hydrogen (secondary N) is 1. The van der Waals surface area contributed by atoms with Crippen molar-refractivity contribution in [2.75, 3.05) is 5.32 Å². The van der Waals surface area contributed by atoms with Gasteiger partial charge in [-0.3, -0.25) is 10.1 Å². The van der Waals surface area contributed by atoms with E-state index in [1.807, 2.05) is 36.4 Å². The summed E-state index contributed by atoms with van der Waals surface area (Å²) >= 11 is 0. The summed E-state index contributed by atoms with van der Waals surface area (Å²) in [6, 6.07) is 15.9. The van der Waals surface area contributed by atoms with Gasteiger partial charge in [-0.25, -0.2) is 0 Å². The summed E-state index contributed by atoms with van der Waals surface area (Å²) in [7, 11) is 0. The molecule has 4 rings (SSSR count). The number of anilines is 1. The van der Waals surface area contributed by atoms with E-state index in [0.29, 0.717) is 5.58 Å². The minimum atomic E-state index is -0.0441. The Morgan fingerprint density at radius 3 is 2.43 bits per heavy atom. The summed E-state index contributed by atoms with van der Waals surface area (Å²) in [5, 5.41) is 2.79. The molecule has 0 bridgehead atoms. The molecule has 1 aliphatic rings. The molecule has 104 valence electrons. The highest BCUT2D eigenvalue weighted by Crippen LogP contribution is 2.27. The lowest BCUT2D eigenvalue weighted by Crippen LogP contribution is -2.23. The third-order valence-electron chi connectivity index (χ3n) is 3.95. The first-order chi connectivity index (χ1) is 10.3. The number of rotatable bonds is 2. The van der Waals surface area contributed by atoms with Crippen LogP contribution < -0.4 is 5.32 Å². The topological polar surface area (TPSA) is 55.1 Å². The molecule has 2 aromatic carbocycles. The maximum atomic E-state index is 12.3. The molecule has 0 saturated heterocycles. The van der Waals surface area contributed by atoms with Gasteiger partial charge in [0.2, 0.25) is 5.91 Å². The number of carbonyl (C=O) groups excluding carboxylic acids is 1. The van der Waals surface area contributed by atoms with Crippen molar-refractivity contribution in [2.45, 2.75) is 12.8 Å². The summed E-state index contributed by atoms with van der Waals surface area (Å²) in [4.78, 5) is 16.6. The summed E-state index contributed by atoms with van der Waals surface area (Å²) in [6.45, 7) is 0. The van der Waals surface area contributed by atoms with Crippen LogP contribution in [0.5, 0.6) is 0 Å². The molecule has 3 aromatic rings. The van der Waals surface area contributed by atoms with Crippen molar-refractivity contribution in [3.63, 3.8) is 0 Å². The molecule has 1 aliphatic carbocycles. The minimum Gasteiger partial charge on any atom is -0.423 e. The monoisotopic (exact) mass is 278 g/mol. The van der Waals surface area contributed by atoms with Crippen molar-refractivity contribution in [3.05, 3.63) is 59.7 Å². The highest BCUT2D eigenvalue weighted by molar-refractivity contribution is 5.92. The molecule has 0 spiro atoms. The quantitative estimate of drug-likeness (QED) is 0.783. The fraction of sp³-hybridized carbons (Fsp3) is 0.176. The van der Waals surface area contributed by atoms with Crippen LogP contribution in [-0.2, 0) is 17.6 Å². The highest BCUT2D eigenvalue weighted by atomic mass is 16.4. The molecular formula is C17H14N2O2. The largest absolute Gasteiger partial charge is 0.423 e. The molecule has 21 heavy (non-hydrogen) atoms. The maximum absolute atomic E-state index is 12.3.